The van der Waals surface area contributed by atoms with Gasteiger partial charge in [0.25, 0.3) is 0 Å². The summed E-state index contributed by atoms with van der Waals surface area (Å²) in [6, 6.07) is 16.5. The number of amides is 2. The minimum atomic E-state index is -0.893. The first-order valence-electron chi connectivity index (χ1n) is 12.6. The van der Waals surface area contributed by atoms with Gasteiger partial charge in [-0.1, -0.05) is 50.2 Å². The Morgan fingerprint density at radius 2 is 1.74 bits per heavy atom. The van der Waals surface area contributed by atoms with Crippen LogP contribution in [0, 0.1) is 19.8 Å². The van der Waals surface area contributed by atoms with Gasteiger partial charge in [0.15, 0.2) is 0 Å². The van der Waals surface area contributed by atoms with Crippen molar-refractivity contribution in [1.29, 1.82) is 0 Å². The van der Waals surface area contributed by atoms with Gasteiger partial charge in [-0.2, -0.15) is 4.90 Å². The molecule has 0 radical (unpaired) electrons. The summed E-state index contributed by atoms with van der Waals surface area (Å²) in [6.07, 6.45) is 0.618. The van der Waals surface area contributed by atoms with Gasteiger partial charge in [-0.05, 0) is 79.1 Å². The molecule has 1 atom stereocenters. The average Bonchev–Trinajstić information content (AvgIpc) is 2.88. The summed E-state index contributed by atoms with van der Waals surface area (Å²) in [5.41, 5.74) is 10.5. The van der Waals surface area contributed by atoms with Gasteiger partial charge in [0, 0.05) is 11.7 Å². The Bertz CT molecular complexity index is 1260. The molecule has 0 bridgehead atoms. The number of ether oxygens (including phenoxy) is 3. The van der Waals surface area contributed by atoms with Crippen molar-refractivity contribution in [2.24, 2.45) is 11.7 Å². The Morgan fingerprint density at radius 1 is 1.03 bits per heavy atom. The number of rotatable bonds is 9. The second kappa shape index (κ2) is 12.6. The molecule has 0 aliphatic rings. The molecule has 2 aromatic carbocycles. The number of carbonyl (C=O) groups is 2. The Kier molecular flexibility index (Phi) is 9.47. The number of anilines is 1. The van der Waals surface area contributed by atoms with Crippen molar-refractivity contribution < 1.29 is 23.8 Å². The largest absolute Gasteiger partial charge is 0.491 e. The Morgan fingerprint density at radius 3 is 2.39 bits per heavy atom. The van der Waals surface area contributed by atoms with Crippen LogP contribution >= 0.6 is 0 Å². The molecule has 3 rings (SSSR count). The van der Waals surface area contributed by atoms with Crippen molar-refractivity contribution in [3.05, 3.63) is 77.5 Å². The van der Waals surface area contributed by atoms with Crippen molar-refractivity contribution in [3.63, 3.8) is 0 Å². The number of methoxy groups -OCH3 is 1. The smallest absolute Gasteiger partial charge is 0.425 e. The van der Waals surface area contributed by atoms with Crippen LogP contribution in [0.15, 0.2) is 60.8 Å². The van der Waals surface area contributed by atoms with Gasteiger partial charge in [-0.25, -0.2) is 14.6 Å². The van der Waals surface area contributed by atoms with Gasteiger partial charge >= 0.3 is 12.2 Å². The van der Waals surface area contributed by atoms with Crippen LogP contribution in [0.5, 0.6) is 5.75 Å². The maximum Gasteiger partial charge on any atom is 0.425 e. The molecule has 0 aliphatic heterocycles. The third-order valence-electron chi connectivity index (χ3n) is 6.20. The van der Waals surface area contributed by atoms with Crippen molar-refractivity contribution in [2.45, 2.75) is 53.2 Å². The molecule has 3 aromatic rings. The molecular formula is C30H37N3O5. The molecule has 0 spiro atoms. The molecule has 2 N–H and O–H groups in total. The average molecular weight is 520 g/mol. The monoisotopic (exact) mass is 519 g/mol. The fraction of sp³-hybridized carbons (Fsp3) is 0.367. The van der Waals surface area contributed by atoms with Crippen LogP contribution in [0.25, 0.3) is 11.1 Å². The molecule has 0 saturated heterocycles. The second-order valence-electron chi connectivity index (χ2n) is 10.2. The Labute approximate surface area is 224 Å². The van der Waals surface area contributed by atoms with Crippen molar-refractivity contribution in [3.8, 4) is 16.9 Å². The van der Waals surface area contributed by atoms with Crippen molar-refractivity contribution in [1.82, 2.24) is 4.98 Å². The van der Waals surface area contributed by atoms with Gasteiger partial charge < -0.3 is 19.9 Å². The van der Waals surface area contributed by atoms with E-state index in [1.165, 1.54) is 13.3 Å². The quantitative estimate of drug-likeness (QED) is 0.348. The van der Waals surface area contributed by atoms with Crippen LogP contribution in [0.3, 0.4) is 0 Å². The predicted molar refractivity (Wildman–Crippen MR) is 148 cm³/mol. The van der Waals surface area contributed by atoms with E-state index in [1.807, 2.05) is 69.3 Å². The zero-order valence-electron chi connectivity index (χ0n) is 23.0. The maximum atomic E-state index is 12.9. The summed E-state index contributed by atoms with van der Waals surface area (Å²) in [5.74, 6) is 1.33. The summed E-state index contributed by atoms with van der Waals surface area (Å²) in [6.45, 7) is 10.7. The molecule has 8 heteroatoms. The lowest BCUT2D eigenvalue weighted by Crippen LogP contribution is -2.43. The van der Waals surface area contributed by atoms with E-state index in [9.17, 15) is 9.59 Å². The summed E-state index contributed by atoms with van der Waals surface area (Å²) in [7, 11) is 1.20. The molecule has 8 nitrogen and oxygen atoms in total. The Hall–Kier alpha value is -3.91. The molecule has 1 aromatic heterocycles. The lowest BCUT2D eigenvalue weighted by molar-refractivity contribution is 0.138. The number of aromatic nitrogens is 1. The standard InChI is InChI=1S/C30H37N3O5/c1-20(2)17-30(5,31)19-38-26-13-12-25(21(3)22(26)4)24-14-15-32-27(16-24)33(28(34)36-6)29(35)37-18-23-10-8-7-9-11-23/h7-16,20H,17-19,31H2,1-6H3. The number of imide groups is 1. The molecule has 0 saturated carbocycles. The van der Waals surface area contributed by atoms with Crippen LogP contribution in [0.2, 0.25) is 0 Å². The molecule has 2 amide bonds. The highest BCUT2D eigenvalue weighted by atomic mass is 16.6. The summed E-state index contributed by atoms with van der Waals surface area (Å²) in [5, 5.41) is 0. The van der Waals surface area contributed by atoms with Crippen LogP contribution < -0.4 is 15.4 Å². The van der Waals surface area contributed by atoms with E-state index >= 15 is 0 Å². The number of pyridine rings is 1. The molecule has 1 unspecified atom stereocenters. The highest BCUT2D eigenvalue weighted by Gasteiger charge is 2.28. The molecule has 0 aliphatic carbocycles. The van der Waals surface area contributed by atoms with Gasteiger partial charge in [0.2, 0.25) is 0 Å². The topological polar surface area (TPSA) is 104 Å². The SMILES string of the molecule is COC(=O)N(C(=O)OCc1ccccc1)c1cc(-c2ccc(OCC(C)(N)CC(C)C)c(C)c2C)ccn1. The first kappa shape index (κ1) is 28.7. The fourth-order valence-corrected chi connectivity index (χ4v) is 4.34. The first-order chi connectivity index (χ1) is 18.0. The van der Waals surface area contributed by atoms with Gasteiger partial charge in [0.05, 0.1) is 7.11 Å². The molecule has 1 heterocycles. The summed E-state index contributed by atoms with van der Waals surface area (Å²) < 4.78 is 16.3. The van der Waals surface area contributed by atoms with Crippen molar-refractivity contribution >= 4 is 18.0 Å². The number of hydrogen-bond donors (Lipinski definition) is 1. The van der Waals surface area contributed by atoms with E-state index in [4.69, 9.17) is 19.9 Å². The number of benzene rings is 2. The van der Waals surface area contributed by atoms with Crippen LogP contribution in [-0.4, -0.2) is 36.4 Å². The van der Waals surface area contributed by atoms with Crippen LogP contribution in [-0.2, 0) is 16.1 Å². The van der Waals surface area contributed by atoms with Crippen molar-refractivity contribution in [2.75, 3.05) is 18.6 Å². The zero-order chi connectivity index (χ0) is 27.9. The van der Waals surface area contributed by atoms with E-state index in [0.717, 1.165) is 44.9 Å². The highest BCUT2D eigenvalue weighted by molar-refractivity contribution is 6.08. The fourth-order valence-electron chi connectivity index (χ4n) is 4.34. The zero-order valence-corrected chi connectivity index (χ0v) is 23.0. The minimum absolute atomic E-state index is 0.00559. The summed E-state index contributed by atoms with van der Waals surface area (Å²) >= 11 is 0. The number of hydrogen-bond acceptors (Lipinski definition) is 7. The second-order valence-corrected chi connectivity index (χ2v) is 10.2. The molecular weight excluding hydrogens is 482 g/mol. The van der Waals surface area contributed by atoms with Gasteiger partial charge in [-0.15, -0.1) is 0 Å². The lowest BCUT2D eigenvalue weighted by Gasteiger charge is -2.27. The molecule has 202 valence electrons. The van der Waals surface area contributed by atoms with E-state index in [-0.39, 0.29) is 12.4 Å². The normalized spacial score (nSPS) is 12.5. The van der Waals surface area contributed by atoms with Crippen LogP contribution in [0.1, 0.15) is 43.9 Å². The number of nitrogens with zero attached hydrogens (tertiary/aromatic N) is 2. The van der Waals surface area contributed by atoms with Gasteiger partial charge in [0.1, 0.15) is 24.8 Å². The van der Waals surface area contributed by atoms with E-state index in [1.54, 1.807) is 6.07 Å². The van der Waals surface area contributed by atoms with E-state index in [0.29, 0.717) is 12.5 Å². The third kappa shape index (κ3) is 7.32. The third-order valence-corrected chi connectivity index (χ3v) is 6.20. The maximum absolute atomic E-state index is 12.9. The molecule has 0 fully saturated rings. The Balaban J connectivity index is 1.84. The van der Waals surface area contributed by atoms with E-state index < -0.39 is 17.7 Å². The van der Waals surface area contributed by atoms with Gasteiger partial charge in [-0.3, -0.25) is 0 Å². The number of nitrogens with two attached hydrogens (primary N) is 1. The van der Waals surface area contributed by atoms with Crippen LogP contribution in [0.4, 0.5) is 15.4 Å². The first-order valence-corrected chi connectivity index (χ1v) is 12.6. The summed E-state index contributed by atoms with van der Waals surface area (Å²) in [4.78, 5) is 30.4. The number of carbonyl (C=O) groups excluding carboxylic acids is 2. The van der Waals surface area contributed by atoms with E-state index in [2.05, 4.69) is 18.8 Å². The lowest BCUT2D eigenvalue weighted by atomic mass is 9.92. The molecule has 38 heavy (non-hydrogen) atoms. The minimum Gasteiger partial charge on any atom is -0.491 e. The predicted octanol–water partition coefficient (Wildman–Crippen LogP) is 6.42. The highest BCUT2D eigenvalue weighted by Crippen LogP contribution is 2.33.